The SMILES string of the molecule is CC[C@@H](OC(C)=O)[C@@H]1C[C@@H](OC(C)=O)[C@H](n2c(=O)n(CC(C)OC(C)=O)c3cnc(N)nc32)O1. The van der Waals surface area contributed by atoms with Gasteiger partial charge in [-0.1, -0.05) is 6.92 Å². The Bertz CT molecular complexity index is 1140. The first-order valence-corrected chi connectivity index (χ1v) is 10.9. The number of rotatable bonds is 8. The molecule has 5 atom stereocenters. The monoisotopic (exact) mass is 479 g/mol. The molecule has 34 heavy (non-hydrogen) atoms. The van der Waals surface area contributed by atoms with Gasteiger partial charge in [0, 0.05) is 27.2 Å². The van der Waals surface area contributed by atoms with E-state index in [1.165, 1.54) is 36.1 Å². The Labute approximate surface area is 195 Å². The van der Waals surface area contributed by atoms with Crippen molar-refractivity contribution in [2.24, 2.45) is 0 Å². The lowest BCUT2D eigenvalue weighted by Gasteiger charge is -2.22. The predicted octanol–water partition coefficient (Wildman–Crippen LogP) is 0.688. The number of carbonyl (C=O) groups is 3. The van der Waals surface area contributed by atoms with Crippen molar-refractivity contribution in [3.8, 4) is 0 Å². The molecule has 186 valence electrons. The highest BCUT2D eigenvalue weighted by atomic mass is 16.6. The third-order valence-corrected chi connectivity index (χ3v) is 5.33. The standard InChI is InChI=1S/C21H29N5O8/c1-6-15(32-12(4)28)16-7-17(33-13(5)29)19(34-16)26-18-14(8-23-20(22)24-18)25(21(26)30)9-10(2)31-11(3)27/h8,10,15-17,19H,6-7,9H2,1-5H3,(H2,22,23,24)/t10?,15-,16+,17-,19-/m1/s1. The number of imidazole rings is 1. The molecular weight excluding hydrogens is 450 g/mol. The number of ether oxygens (including phenoxy) is 4. The van der Waals surface area contributed by atoms with Gasteiger partial charge < -0.3 is 24.7 Å². The van der Waals surface area contributed by atoms with E-state index in [2.05, 4.69) is 9.97 Å². The molecule has 3 heterocycles. The Balaban J connectivity index is 2.08. The Morgan fingerprint density at radius 1 is 1.21 bits per heavy atom. The van der Waals surface area contributed by atoms with Crippen LogP contribution in [0.1, 0.15) is 53.7 Å². The van der Waals surface area contributed by atoms with E-state index in [0.29, 0.717) is 11.9 Å². The van der Waals surface area contributed by atoms with Crippen molar-refractivity contribution in [2.75, 3.05) is 5.73 Å². The molecule has 0 spiro atoms. The van der Waals surface area contributed by atoms with Gasteiger partial charge in [-0.05, 0) is 13.3 Å². The fraction of sp³-hybridized carbons (Fsp3) is 0.619. The van der Waals surface area contributed by atoms with Gasteiger partial charge in [-0.15, -0.1) is 0 Å². The smallest absolute Gasteiger partial charge is 0.332 e. The fourth-order valence-electron chi connectivity index (χ4n) is 4.14. The molecule has 0 bridgehead atoms. The summed E-state index contributed by atoms with van der Waals surface area (Å²) in [7, 11) is 0. The molecule has 1 fully saturated rings. The van der Waals surface area contributed by atoms with Crippen LogP contribution in [0.25, 0.3) is 11.2 Å². The van der Waals surface area contributed by atoms with Gasteiger partial charge in [-0.25, -0.2) is 14.3 Å². The zero-order chi connectivity index (χ0) is 25.2. The quantitative estimate of drug-likeness (QED) is 0.418. The highest BCUT2D eigenvalue weighted by molar-refractivity contribution is 5.72. The molecule has 2 aromatic rings. The molecule has 0 radical (unpaired) electrons. The lowest BCUT2D eigenvalue weighted by molar-refractivity contribution is -0.158. The Kier molecular flexibility index (Phi) is 7.54. The van der Waals surface area contributed by atoms with E-state index in [4.69, 9.17) is 24.7 Å². The highest BCUT2D eigenvalue weighted by Gasteiger charge is 2.44. The van der Waals surface area contributed by atoms with Gasteiger partial charge in [-0.3, -0.25) is 19.0 Å². The van der Waals surface area contributed by atoms with Crippen LogP contribution < -0.4 is 11.4 Å². The van der Waals surface area contributed by atoms with Crippen molar-refractivity contribution >= 4 is 35.0 Å². The topological polar surface area (TPSA) is 167 Å². The predicted molar refractivity (Wildman–Crippen MR) is 117 cm³/mol. The molecule has 13 nitrogen and oxygen atoms in total. The zero-order valence-corrected chi connectivity index (χ0v) is 19.7. The summed E-state index contributed by atoms with van der Waals surface area (Å²) in [5.41, 5.74) is 5.74. The van der Waals surface area contributed by atoms with Gasteiger partial charge in [0.05, 0.1) is 12.7 Å². The van der Waals surface area contributed by atoms with Crippen molar-refractivity contribution in [1.29, 1.82) is 0 Å². The second-order valence-corrected chi connectivity index (χ2v) is 8.13. The first kappa shape index (κ1) is 25.1. The highest BCUT2D eigenvalue weighted by Crippen LogP contribution is 2.35. The third-order valence-electron chi connectivity index (χ3n) is 5.33. The van der Waals surface area contributed by atoms with E-state index < -0.39 is 54.2 Å². The summed E-state index contributed by atoms with van der Waals surface area (Å²) in [5.74, 6) is -1.60. The van der Waals surface area contributed by atoms with E-state index in [9.17, 15) is 19.2 Å². The molecule has 0 aliphatic carbocycles. The average molecular weight is 479 g/mol. The summed E-state index contributed by atoms with van der Waals surface area (Å²) in [6.07, 6.45) is -1.74. The van der Waals surface area contributed by atoms with Gasteiger partial charge in [0.25, 0.3) is 0 Å². The fourth-order valence-corrected chi connectivity index (χ4v) is 4.14. The summed E-state index contributed by atoms with van der Waals surface area (Å²) in [4.78, 5) is 56.4. The molecular formula is C21H29N5O8. The second-order valence-electron chi connectivity index (χ2n) is 8.13. The van der Waals surface area contributed by atoms with E-state index in [1.807, 2.05) is 6.92 Å². The number of hydrogen-bond acceptors (Lipinski definition) is 11. The van der Waals surface area contributed by atoms with Crippen molar-refractivity contribution < 1.29 is 33.3 Å². The molecule has 2 aromatic heterocycles. The van der Waals surface area contributed by atoms with Crippen molar-refractivity contribution in [2.45, 2.75) is 84.6 Å². The van der Waals surface area contributed by atoms with Crippen molar-refractivity contribution in [3.63, 3.8) is 0 Å². The van der Waals surface area contributed by atoms with Crippen LogP contribution in [0.2, 0.25) is 0 Å². The molecule has 1 aliphatic heterocycles. The number of nitrogens with zero attached hydrogens (tertiary/aromatic N) is 4. The van der Waals surface area contributed by atoms with Crippen LogP contribution in [0, 0.1) is 0 Å². The summed E-state index contributed by atoms with van der Waals surface area (Å²) >= 11 is 0. The van der Waals surface area contributed by atoms with Crippen molar-refractivity contribution in [1.82, 2.24) is 19.1 Å². The number of anilines is 1. The molecule has 0 aromatic carbocycles. The van der Waals surface area contributed by atoms with Gasteiger partial charge >= 0.3 is 23.6 Å². The molecule has 1 aliphatic rings. The summed E-state index contributed by atoms with van der Waals surface area (Å²) < 4.78 is 24.7. The van der Waals surface area contributed by atoms with Gasteiger partial charge in [0.1, 0.15) is 29.9 Å². The van der Waals surface area contributed by atoms with E-state index in [0.717, 1.165) is 0 Å². The Hall–Kier alpha value is -3.48. The maximum absolute atomic E-state index is 13.5. The number of nitrogens with two attached hydrogens (primary N) is 1. The maximum Gasteiger partial charge on any atom is 0.332 e. The average Bonchev–Trinajstić information content (AvgIpc) is 3.23. The number of fused-ring (bicyclic) bond motifs is 1. The molecule has 0 saturated carbocycles. The molecule has 2 N–H and O–H groups in total. The number of aromatic nitrogens is 4. The lowest BCUT2D eigenvalue weighted by Crippen LogP contribution is -2.35. The first-order valence-electron chi connectivity index (χ1n) is 10.9. The van der Waals surface area contributed by atoms with Crippen LogP contribution in [-0.2, 0) is 39.9 Å². The molecule has 0 amide bonds. The molecule has 13 heteroatoms. The normalized spacial score (nSPS) is 21.7. The first-order chi connectivity index (χ1) is 16.0. The summed E-state index contributed by atoms with van der Waals surface area (Å²) in [6.45, 7) is 7.31. The molecule has 1 unspecified atom stereocenters. The van der Waals surface area contributed by atoms with Crippen LogP contribution in [0.15, 0.2) is 11.0 Å². The lowest BCUT2D eigenvalue weighted by atomic mass is 10.1. The summed E-state index contributed by atoms with van der Waals surface area (Å²) in [6, 6.07) is 0. The van der Waals surface area contributed by atoms with Crippen LogP contribution in [-0.4, -0.2) is 61.4 Å². The number of nitrogen functional groups attached to an aromatic ring is 1. The van der Waals surface area contributed by atoms with E-state index in [1.54, 1.807) is 6.92 Å². The maximum atomic E-state index is 13.5. The molecule has 3 rings (SSSR count). The molecule has 1 saturated heterocycles. The Morgan fingerprint density at radius 3 is 2.47 bits per heavy atom. The van der Waals surface area contributed by atoms with Crippen LogP contribution in [0.3, 0.4) is 0 Å². The number of carbonyl (C=O) groups excluding carboxylic acids is 3. The summed E-state index contributed by atoms with van der Waals surface area (Å²) in [5, 5.41) is 0. The zero-order valence-electron chi connectivity index (χ0n) is 19.7. The van der Waals surface area contributed by atoms with Crippen LogP contribution in [0.5, 0.6) is 0 Å². The van der Waals surface area contributed by atoms with Crippen molar-refractivity contribution in [3.05, 3.63) is 16.7 Å². The minimum atomic E-state index is -1.06. The van der Waals surface area contributed by atoms with E-state index >= 15 is 0 Å². The van der Waals surface area contributed by atoms with Crippen LogP contribution >= 0.6 is 0 Å². The van der Waals surface area contributed by atoms with Gasteiger partial charge in [-0.2, -0.15) is 4.98 Å². The van der Waals surface area contributed by atoms with Gasteiger partial charge in [0.2, 0.25) is 5.95 Å². The number of esters is 3. The minimum absolute atomic E-state index is 0.0224. The third kappa shape index (κ3) is 5.35. The van der Waals surface area contributed by atoms with Crippen LogP contribution in [0.4, 0.5) is 5.95 Å². The van der Waals surface area contributed by atoms with Gasteiger partial charge in [0.15, 0.2) is 11.9 Å². The minimum Gasteiger partial charge on any atom is -0.461 e. The largest absolute Gasteiger partial charge is 0.461 e. The number of hydrogen-bond donors (Lipinski definition) is 1. The Morgan fingerprint density at radius 2 is 1.88 bits per heavy atom. The second kappa shape index (κ2) is 10.2. The van der Waals surface area contributed by atoms with E-state index in [-0.39, 0.29) is 24.6 Å².